The third kappa shape index (κ3) is 7.55. The Labute approximate surface area is 248 Å². The van der Waals surface area contributed by atoms with E-state index in [0.717, 1.165) is 21.9 Å². The summed E-state index contributed by atoms with van der Waals surface area (Å²) in [5, 5.41) is 4.34. The summed E-state index contributed by atoms with van der Waals surface area (Å²) in [7, 11) is 1.58. The molecule has 0 bridgehead atoms. The molecular weight excluding hydrogens is 558 g/mol. The Hall–Kier alpha value is -4.77. The number of carbonyl (C=O) groups is 5. The fraction of sp³-hybridized carbons (Fsp3) is 0.344. The molecule has 3 aromatic carbocycles. The van der Waals surface area contributed by atoms with Gasteiger partial charge in [-0.3, -0.25) is 24.0 Å². The molecule has 4 rings (SSSR count). The summed E-state index contributed by atoms with van der Waals surface area (Å²) in [6, 6.07) is 18.6. The maximum atomic E-state index is 12.2. The molecule has 1 N–H and O–H groups in total. The average molecular weight is 592 g/mol. The van der Waals surface area contributed by atoms with E-state index in [4.69, 9.17) is 23.7 Å². The number of amides is 1. The van der Waals surface area contributed by atoms with Crippen molar-refractivity contribution in [3.05, 3.63) is 71.8 Å². The Morgan fingerprint density at radius 1 is 0.698 bits per heavy atom. The summed E-state index contributed by atoms with van der Waals surface area (Å²) in [6.07, 6.45) is -5.69. The molecule has 0 radical (unpaired) electrons. The Kier molecular flexibility index (Phi) is 9.77. The third-order valence-corrected chi connectivity index (χ3v) is 6.87. The van der Waals surface area contributed by atoms with E-state index >= 15 is 0 Å². The van der Waals surface area contributed by atoms with Gasteiger partial charge in [-0.05, 0) is 51.7 Å². The molecule has 11 heteroatoms. The first-order valence-electron chi connectivity index (χ1n) is 13.6. The zero-order valence-corrected chi connectivity index (χ0v) is 24.4. The SMILES string of the molecule is CNC(=O)c1cccc(-c2ccc3cc([C@H]4O[C@H](COC(C)=O)[C@@H](OC(C)=O)[C@H](OC(C)=O)[C@@H]4OC(C)=O)ccc3c2)c1. The topological polar surface area (TPSA) is 144 Å². The number of hydrogen-bond donors (Lipinski definition) is 1. The van der Waals surface area contributed by atoms with E-state index in [1.165, 1.54) is 27.7 Å². The van der Waals surface area contributed by atoms with Crippen LogP contribution in [0.25, 0.3) is 21.9 Å². The molecule has 5 atom stereocenters. The summed E-state index contributed by atoms with van der Waals surface area (Å²) in [4.78, 5) is 60.1. The van der Waals surface area contributed by atoms with Crippen molar-refractivity contribution < 1.29 is 47.7 Å². The normalized spacial score (nSPS) is 21.4. The number of benzene rings is 3. The molecule has 0 saturated carbocycles. The van der Waals surface area contributed by atoms with E-state index in [2.05, 4.69) is 5.32 Å². The number of carbonyl (C=O) groups excluding carboxylic acids is 5. The fourth-order valence-electron chi connectivity index (χ4n) is 5.10. The summed E-state index contributed by atoms with van der Waals surface area (Å²) < 4.78 is 28.1. The molecule has 0 aliphatic carbocycles. The van der Waals surface area contributed by atoms with Gasteiger partial charge in [0.05, 0.1) is 0 Å². The minimum atomic E-state index is -1.25. The van der Waals surface area contributed by atoms with Crippen LogP contribution in [0.3, 0.4) is 0 Å². The number of ether oxygens (including phenoxy) is 5. The summed E-state index contributed by atoms with van der Waals surface area (Å²) in [5.41, 5.74) is 2.89. The summed E-state index contributed by atoms with van der Waals surface area (Å²) >= 11 is 0. The zero-order chi connectivity index (χ0) is 31.3. The number of nitrogens with one attached hydrogen (secondary N) is 1. The first kappa shape index (κ1) is 31.2. The van der Waals surface area contributed by atoms with Crippen molar-refractivity contribution in [2.75, 3.05) is 13.7 Å². The van der Waals surface area contributed by atoms with Gasteiger partial charge in [0, 0.05) is 40.3 Å². The van der Waals surface area contributed by atoms with E-state index in [1.807, 2.05) is 48.5 Å². The lowest BCUT2D eigenvalue weighted by atomic mass is 9.89. The molecule has 1 amide bonds. The van der Waals surface area contributed by atoms with Gasteiger partial charge in [-0.1, -0.05) is 36.4 Å². The lowest BCUT2D eigenvalue weighted by Crippen LogP contribution is -2.59. The predicted octanol–water partition coefficient (Wildman–Crippen LogP) is 3.66. The van der Waals surface area contributed by atoms with Crippen molar-refractivity contribution in [2.24, 2.45) is 0 Å². The van der Waals surface area contributed by atoms with Crippen LogP contribution < -0.4 is 5.32 Å². The molecule has 226 valence electrons. The summed E-state index contributed by atoms with van der Waals surface area (Å²) in [6.45, 7) is 4.47. The second-order valence-corrected chi connectivity index (χ2v) is 10.1. The monoisotopic (exact) mass is 591 g/mol. The number of fused-ring (bicyclic) bond motifs is 1. The highest BCUT2D eigenvalue weighted by atomic mass is 16.7. The molecule has 11 nitrogen and oxygen atoms in total. The second-order valence-electron chi connectivity index (χ2n) is 10.1. The van der Waals surface area contributed by atoms with Gasteiger partial charge < -0.3 is 29.0 Å². The van der Waals surface area contributed by atoms with Crippen LogP contribution in [0.4, 0.5) is 0 Å². The quantitative estimate of drug-likeness (QED) is 0.304. The van der Waals surface area contributed by atoms with Crippen LogP contribution in [0.15, 0.2) is 60.7 Å². The van der Waals surface area contributed by atoms with Crippen LogP contribution in [-0.4, -0.2) is 67.9 Å². The van der Waals surface area contributed by atoms with E-state index in [1.54, 1.807) is 19.2 Å². The van der Waals surface area contributed by atoms with Gasteiger partial charge in [0.1, 0.15) is 18.8 Å². The minimum absolute atomic E-state index is 0.183. The first-order valence-corrected chi connectivity index (χ1v) is 13.6. The van der Waals surface area contributed by atoms with Gasteiger partial charge in [0.25, 0.3) is 5.91 Å². The van der Waals surface area contributed by atoms with Crippen molar-refractivity contribution in [2.45, 2.75) is 58.2 Å². The number of rotatable bonds is 8. The van der Waals surface area contributed by atoms with Crippen LogP contribution in [0, 0.1) is 0 Å². The van der Waals surface area contributed by atoms with Crippen molar-refractivity contribution in [1.82, 2.24) is 5.32 Å². The molecule has 1 fully saturated rings. The van der Waals surface area contributed by atoms with Gasteiger partial charge >= 0.3 is 23.9 Å². The third-order valence-electron chi connectivity index (χ3n) is 6.87. The average Bonchev–Trinajstić information content (AvgIpc) is 2.96. The maximum absolute atomic E-state index is 12.2. The van der Waals surface area contributed by atoms with Crippen molar-refractivity contribution in [3.8, 4) is 11.1 Å². The van der Waals surface area contributed by atoms with Gasteiger partial charge in [-0.15, -0.1) is 0 Å². The highest BCUT2D eigenvalue weighted by molar-refractivity contribution is 5.96. The Morgan fingerprint density at radius 3 is 1.95 bits per heavy atom. The van der Waals surface area contributed by atoms with E-state index in [0.29, 0.717) is 11.1 Å². The number of esters is 4. The van der Waals surface area contributed by atoms with Gasteiger partial charge in [-0.2, -0.15) is 0 Å². The van der Waals surface area contributed by atoms with Crippen LogP contribution in [0.2, 0.25) is 0 Å². The van der Waals surface area contributed by atoms with Crippen LogP contribution >= 0.6 is 0 Å². The van der Waals surface area contributed by atoms with Gasteiger partial charge in [0.2, 0.25) is 0 Å². The molecule has 1 heterocycles. The van der Waals surface area contributed by atoms with Crippen LogP contribution in [0.5, 0.6) is 0 Å². The molecular formula is C32H33NO10. The summed E-state index contributed by atoms with van der Waals surface area (Å²) in [5.74, 6) is -2.83. The van der Waals surface area contributed by atoms with E-state index < -0.39 is 54.4 Å². The van der Waals surface area contributed by atoms with Gasteiger partial charge in [-0.25, -0.2) is 0 Å². The first-order chi connectivity index (χ1) is 20.5. The lowest BCUT2D eigenvalue weighted by molar-refractivity contribution is -0.254. The molecule has 1 aliphatic heterocycles. The van der Waals surface area contributed by atoms with E-state index in [9.17, 15) is 24.0 Å². The largest absolute Gasteiger partial charge is 0.463 e. The van der Waals surface area contributed by atoms with Crippen molar-refractivity contribution >= 4 is 40.6 Å². The van der Waals surface area contributed by atoms with Crippen molar-refractivity contribution in [3.63, 3.8) is 0 Å². The molecule has 3 aromatic rings. The second kappa shape index (κ2) is 13.5. The Balaban J connectivity index is 1.75. The molecule has 0 unspecified atom stereocenters. The highest BCUT2D eigenvalue weighted by Crippen LogP contribution is 2.39. The van der Waals surface area contributed by atoms with Crippen molar-refractivity contribution in [1.29, 1.82) is 0 Å². The fourth-order valence-corrected chi connectivity index (χ4v) is 5.10. The number of hydrogen-bond acceptors (Lipinski definition) is 10. The molecule has 1 saturated heterocycles. The van der Waals surface area contributed by atoms with Gasteiger partial charge in [0.15, 0.2) is 18.3 Å². The Morgan fingerprint density at radius 2 is 1.30 bits per heavy atom. The van der Waals surface area contributed by atoms with E-state index in [-0.39, 0.29) is 12.5 Å². The molecule has 0 spiro atoms. The molecule has 43 heavy (non-hydrogen) atoms. The lowest BCUT2D eigenvalue weighted by Gasteiger charge is -2.44. The highest BCUT2D eigenvalue weighted by Gasteiger charge is 2.52. The Bertz CT molecular complexity index is 1550. The zero-order valence-electron chi connectivity index (χ0n) is 24.4. The van der Waals surface area contributed by atoms with Crippen LogP contribution in [0.1, 0.15) is 49.7 Å². The van der Waals surface area contributed by atoms with Crippen LogP contribution in [-0.2, 0) is 42.9 Å². The molecule has 0 aromatic heterocycles. The molecule has 1 aliphatic rings. The predicted molar refractivity (Wildman–Crippen MR) is 154 cm³/mol. The maximum Gasteiger partial charge on any atom is 0.303 e. The standard InChI is InChI=1S/C32H33NO10/c1-17(34)39-16-27-29(40-18(2)35)31(42-20(4)37)30(41-19(3)36)28(43-27)25-12-11-23-13-22(9-10-24(23)14-25)21-7-6-8-26(15-21)32(38)33-5/h6-15,27-31H,16H2,1-5H3,(H,33,38)/t27-,28-,29-,30-,31+/m1/s1. The minimum Gasteiger partial charge on any atom is -0.463 e. The smallest absolute Gasteiger partial charge is 0.303 e.